The van der Waals surface area contributed by atoms with Gasteiger partial charge >= 0.3 is 0 Å². The smallest absolute Gasteiger partial charge is 0.179 e. The van der Waals surface area contributed by atoms with Crippen LogP contribution in [-0.2, 0) is 23.1 Å². The van der Waals surface area contributed by atoms with Gasteiger partial charge in [-0.3, -0.25) is 0 Å². The zero-order valence-corrected chi connectivity index (χ0v) is 23.2. The fourth-order valence-electron chi connectivity index (χ4n) is 5.35. The maximum atomic E-state index is 13.6. The number of hydrogen-bond acceptors (Lipinski definition) is 5. The minimum absolute atomic E-state index is 0.0193. The summed E-state index contributed by atoms with van der Waals surface area (Å²) in [6.45, 7) is 4.77. The highest BCUT2D eigenvalue weighted by atomic mass is 32.2. The van der Waals surface area contributed by atoms with Crippen molar-refractivity contribution in [2.24, 2.45) is 5.41 Å². The Morgan fingerprint density at radius 3 is 2.30 bits per heavy atom. The van der Waals surface area contributed by atoms with Crippen LogP contribution in [0.3, 0.4) is 0 Å². The second kappa shape index (κ2) is 11.3. The van der Waals surface area contributed by atoms with E-state index < -0.39 is 9.84 Å². The van der Waals surface area contributed by atoms with Crippen molar-refractivity contribution >= 4 is 15.5 Å². The van der Waals surface area contributed by atoms with Crippen LogP contribution in [0.2, 0.25) is 0 Å². The fraction of sp³-hybridized carbons (Fsp3) is 0.419. The molecule has 4 rings (SSSR count). The van der Waals surface area contributed by atoms with Gasteiger partial charge in [-0.05, 0) is 70.8 Å². The molecule has 0 radical (unpaired) electrons. The third-order valence-corrected chi connectivity index (χ3v) is 9.60. The molecule has 0 aliphatic carbocycles. The van der Waals surface area contributed by atoms with Gasteiger partial charge in [-0.15, -0.1) is 0 Å². The van der Waals surface area contributed by atoms with Crippen molar-refractivity contribution in [2.75, 3.05) is 24.7 Å². The lowest BCUT2D eigenvalue weighted by molar-refractivity contribution is 0.281. The summed E-state index contributed by atoms with van der Waals surface area (Å²) >= 11 is 0. The van der Waals surface area contributed by atoms with Crippen LogP contribution in [0.15, 0.2) is 71.6 Å². The van der Waals surface area contributed by atoms with Gasteiger partial charge in [0.1, 0.15) is 12.4 Å². The summed E-state index contributed by atoms with van der Waals surface area (Å²) in [5.41, 5.74) is 4.62. The normalized spacial score (nSPS) is 20.6. The Morgan fingerprint density at radius 2 is 1.68 bits per heavy atom. The van der Waals surface area contributed by atoms with E-state index in [1.807, 2.05) is 61.5 Å². The zero-order valence-electron chi connectivity index (χ0n) is 22.4. The highest BCUT2D eigenvalue weighted by Gasteiger charge is 2.40. The van der Waals surface area contributed by atoms with Crippen molar-refractivity contribution in [1.29, 1.82) is 0 Å². The largest absolute Gasteiger partial charge is 0.489 e. The number of fused-ring (bicyclic) bond motifs is 1. The summed E-state index contributed by atoms with van der Waals surface area (Å²) in [5, 5.41) is 9.23. The summed E-state index contributed by atoms with van der Waals surface area (Å²) in [6.07, 6.45) is 3.74. The highest BCUT2D eigenvalue weighted by Crippen LogP contribution is 2.47. The van der Waals surface area contributed by atoms with Gasteiger partial charge in [0.25, 0.3) is 0 Å². The van der Waals surface area contributed by atoms with Crippen molar-refractivity contribution in [3.8, 4) is 5.75 Å². The molecule has 0 fully saturated rings. The number of ether oxygens (including phenoxy) is 1. The van der Waals surface area contributed by atoms with Crippen molar-refractivity contribution in [3.05, 3.63) is 89.0 Å². The van der Waals surface area contributed by atoms with E-state index in [1.54, 1.807) is 6.07 Å². The molecule has 0 saturated carbocycles. The quantitative estimate of drug-likeness (QED) is 0.356. The molecule has 3 aromatic carbocycles. The molecule has 0 saturated heterocycles. The van der Waals surface area contributed by atoms with E-state index in [2.05, 4.69) is 32.0 Å². The second-order valence-electron chi connectivity index (χ2n) is 10.9. The lowest BCUT2D eigenvalue weighted by Gasteiger charge is -2.31. The first kappa shape index (κ1) is 27.2. The number of rotatable bonds is 9. The van der Waals surface area contributed by atoms with Gasteiger partial charge in [0.15, 0.2) is 9.84 Å². The molecule has 3 aromatic rings. The minimum Gasteiger partial charge on any atom is -0.489 e. The Labute approximate surface area is 222 Å². The van der Waals surface area contributed by atoms with Gasteiger partial charge in [0.05, 0.1) is 17.3 Å². The highest BCUT2D eigenvalue weighted by molar-refractivity contribution is 7.91. The molecule has 0 bridgehead atoms. The molecule has 0 aromatic heterocycles. The third-order valence-electron chi connectivity index (χ3n) is 7.48. The molecule has 6 heteroatoms. The zero-order chi connectivity index (χ0) is 26.6. The van der Waals surface area contributed by atoms with Crippen molar-refractivity contribution < 1.29 is 18.3 Å². The van der Waals surface area contributed by atoms with Crippen LogP contribution >= 0.6 is 0 Å². The summed E-state index contributed by atoms with van der Waals surface area (Å²) in [4.78, 5) is 2.49. The molecule has 2 atom stereocenters. The Balaban J connectivity index is 1.66. The number of aliphatic hydroxyl groups excluding tert-OH is 1. The second-order valence-corrected chi connectivity index (χ2v) is 12.8. The number of nitrogens with zero attached hydrogens (tertiary/aromatic N) is 1. The van der Waals surface area contributed by atoms with Gasteiger partial charge in [-0.25, -0.2) is 8.42 Å². The topological polar surface area (TPSA) is 66.8 Å². The number of benzene rings is 3. The van der Waals surface area contributed by atoms with Crippen LogP contribution in [0.4, 0.5) is 5.69 Å². The lowest BCUT2D eigenvalue weighted by atomic mass is 9.74. The van der Waals surface area contributed by atoms with Gasteiger partial charge < -0.3 is 14.7 Å². The van der Waals surface area contributed by atoms with E-state index >= 15 is 0 Å². The third kappa shape index (κ3) is 6.36. The first-order chi connectivity index (χ1) is 17.6. The first-order valence-electron chi connectivity index (χ1n) is 13.1. The Hall–Kier alpha value is -2.83. The molecule has 1 aliphatic rings. The van der Waals surface area contributed by atoms with Crippen LogP contribution in [0.5, 0.6) is 5.75 Å². The molecule has 1 N–H and O–H groups in total. The van der Waals surface area contributed by atoms with Crippen LogP contribution in [0.25, 0.3) is 0 Å². The molecular formula is C31H39NO4S. The van der Waals surface area contributed by atoms with E-state index in [4.69, 9.17) is 4.74 Å². The molecule has 198 valence electrons. The number of unbranched alkanes of at least 4 members (excludes halogenated alkanes) is 1. The van der Waals surface area contributed by atoms with E-state index in [1.165, 1.54) is 0 Å². The first-order valence-corrected chi connectivity index (χ1v) is 14.7. The Bertz CT molecular complexity index is 1300. The van der Waals surface area contributed by atoms with Gasteiger partial charge in [0, 0.05) is 25.7 Å². The predicted octanol–water partition coefficient (Wildman–Crippen LogP) is 6.33. The van der Waals surface area contributed by atoms with Crippen LogP contribution in [0, 0.1) is 5.41 Å². The Morgan fingerprint density at radius 1 is 1.00 bits per heavy atom. The van der Waals surface area contributed by atoms with E-state index in [-0.39, 0.29) is 23.7 Å². The van der Waals surface area contributed by atoms with Crippen molar-refractivity contribution in [2.45, 2.75) is 63.6 Å². The molecule has 0 amide bonds. The standard InChI is InChI=1S/C31H39NO4S/c1-5-6-17-31(2)19-29(28-18-26(32(3)4)13-16-30(28)37(34,35)22-31)25-11-14-27(15-12-25)36-21-24-9-7-23(20-33)8-10-24/h7-16,18,29,33H,5-6,17,19-22H2,1-4H3/t29-,31?/m1/s1. The van der Waals surface area contributed by atoms with E-state index in [9.17, 15) is 13.5 Å². The lowest BCUT2D eigenvalue weighted by Crippen LogP contribution is -2.27. The molecule has 5 nitrogen and oxygen atoms in total. The predicted molar refractivity (Wildman–Crippen MR) is 150 cm³/mol. The molecule has 1 unspecified atom stereocenters. The molecular weight excluding hydrogens is 482 g/mol. The average molecular weight is 522 g/mol. The number of anilines is 1. The van der Waals surface area contributed by atoms with Crippen LogP contribution < -0.4 is 9.64 Å². The van der Waals surface area contributed by atoms with Gasteiger partial charge in [-0.1, -0.05) is 63.1 Å². The summed E-state index contributed by atoms with van der Waals surface area (Å²) in [5.74, 6) is 0.933. The number of aliphatic hydroxyl groups is 1. The van der Waals surface area contributed by atoms with E-state index in [0.717, 1.165) is 59.4 Å². The molecule has 0 spiro atoms. The molecule has 1 heterocycles. The maximum Gasteiger partial charge on any atom is 0.179 e. The molecule has 37 heavy (non-hydrogen) atoms. The average Bonchev–Trinajstić information content (AvgIpc) is 2.98. The van der Waals surface area contributed by atoms with Gasteiger partial charge in [0.2, 0.25) is 0 Å². The summed E-state index contributed by atoms with van der Waals surface area (Å²) in [6, 6.07) is 21.6. The number of sulfone groups is 1. The monoisotopic (exact) mass is 521 g/mol. The van der Waals surface area contributed by atoms with Crippen LogP contribution in [0.1, 0.15) is 67.7 Å². The SMILES string of the molecule is CCCCC1(C)C[C@H](c2ccc(OCc3ccc(CO)cc3)cc2)c2cc(N(C)C)ccc2S(=O)(=O)C1. The summed E-state index contributed by atoms with van der Waals surface area (Å²) < 4.78 is 33.2. The minimum atomic E-state index is -3.41. The van der Waals surface area contributed by atoms with Crippen molar-refractivity contribution in [3.63, 3.8) is 0 Å². The Kier molecular flexibility index (Phi) is 8.29. The summed E-state index contributed by atoms with van der Waals surface area (Å²) in [7, 11) is 0.555. The fourth-order valence-corrected chi connectivity index (χ4v) is 7.52. The van der Waals surface area contributed by atoms with Gasteiger partial charge in [-0.2, -0.15) is 0 Å². The molecule has 1 aliphatic heterocycles. The van der Waals surface area contributed by atoms with E-state index in [0.29, 0.717) is 11.5 Å². The number of hydrogen-bond donors (Lipinski definition) is 1. The van der Waals surface area contributed by atoms with Crippen LogP contribution in [-0.4, -0.2) is 33.4 Å². The van der Waals surface area contributed by atoms with Crippen molar-refractivity contribution in [1.82, 2.24) is 0 Å². The maximum absolute atomic E-state index is 13.6.